The Labute approximate surface area is 203 Å². The van der Waals surface area contributed by atoms with Crippen molar-refractivity contribution in [2.24, 2.45) is 0 Å². The SMILES string of the molecule is CN(C)C(=O)C[C@H]1CC[C@@H]2[C@H](COc3ccc(NS(=O)(=O)c4cccc(F)c4)cc3C(=O)N2C)O1. The van der Waals surface area contributed by atoms with Gasteiger partial charge in [0.15, 0.2) is 0 Å². The summed E-state index contributed by atoms with van der Waals surface area (Å²) in [5.74, 6) is -0.742. The third kappa shape index (κ3) is 5.40. The van der Waals surface area contributed by atoms with Crippen molar-refractivity contribution in [2.75, 3.05) is 32.5 Å². The molecule has 9 nitrogen and oxygen atoms in total. The van der Waals surface area contributed by atoms with Crippen molar-refractivity contribution in [3.05, 3.63) is 53.8 Å². The van der Waals surface area contributed by atoms with Gasteiger partial charge < -0.3 is 19.3 Å². The van der Waals surface area contributed by atoms with Crippen LogP contribution in [0.1, 0.15) is 29.6 Å². The van der Waals surface area contributed by atoms with E-state index in [1.165, 1.54) is 35.2 Å². The number of halogens is 1. The number of amides is 2. The predicted octanol–water partition coefficient (Wildman–Crippen LogP) is 2.49. The number of benzene rings is 2. The third-order valence-electron chi connectivity index (χ3n) is 6.27. The number of carbonyl (C=O) groups is 2. The molecule has 2 aromatic rings. The Morgan fingerprint density at radius 1 is 1.20 bits per heavy atom. The maximum absolute atomic E-state index is 13.5. The third-order valence-corrected chi connectivity index (χ3v) is 7.65. The zero-order valence-corrected chi connectivity index (χ0v) is 20.5. The standard InChI is InChI=1S/C24H28FN3O6S/c1-27(2)23(29)13-17-8-9-20-22(34-17)14-33-21-10-7-16(12-19(21)24(30)28(20)3)26-35(31,32)18-6-4-5-15(25)11-18/h4-7,10-12,17,20,22,26H,8-9,13-14H2,1-3H3/t17-,20-,22+/m1/s1. The first-order valence-electron chi connectivity index (χ1n) is 11.2. The highest BCUT2D eigenvalue weighted by molar-refractivity contribution is 7.92. The molecule has 1 N–H and O–H groups in total. The summed E-state index contributed by atoms with van der Waals surface area (Å²) in [4.78, 5) is 28.3. The smallest absolute Gasteiger partial charge is 0.261 e. The Balaban J connectivity index is 1.54. The summed E-state index contributed by atoms with van der Waals surface area (Å²) >= 11 is 0. The summed E-state index contributed by atoms with van der Waals surface area (Å²) in [5.41, 5.74) is 0.355. The number of sulfonamides is 1. The molecule has 11 heteroatoms. The number of carbonyl (C=O) groups excluding carboxylic acids is 2. The molecule has 0 aromatic heterocycles. The van der Waals surface area contributed by atoms with Crippen molar-refractivity contribution in [1.29, 1.82) is 0 Å². The Morgan fingerprint density at radius 3 is 2.69 bits per heavy atom. The molecule has 0 aliphatic carbocycles. The van der Waals surface area contributed by atoms with Gasteiger partial charge in [0.2, 0.25) is 5.91 Å². The monoisotopic (exact) mass is 505 g/mol. The average molecular weight is 506 g/mol. The van der Waals surface area contributed by atoms with Crippen LogP contribution in [0.5, 0.6) is 5.75 Å². The quantitative estimate of drug-likeness (QED) is 0.670. The van der Waals surface area contributed by atoms with Crippen molar-refractivity contribution < 1.29 is 31.9 Å². The van der Waals surface area contributed by atoms with E-state index < -0.39 is 21.9 Å². The van der Waals surface area contributed by atoms with Crippen molar-refractivity contribution in [1.82, 2.24) is 9.80 Å². The van der Waals surface area contributed by atoms with E-state index in [4.69, 9.17) is 9.47 Å². The number of fused-ring (bicyclic) bond motifs is 2. The van der Waals surface area contributed by atoms with Crippen molar-refractivity contribution >= 4 is 27.5 Å². The van der Waals surface area contributed by atoms with Gasteiger partial charge in [-0.2, -0.15) is 0 Å². The van der Waals surface area contributed by atoms with Crippen molar-refractivity contribution in [2.45, 2.75) is 42.4 Å². The van der Waals surface area contributed by atoms with Gasteiger partial charge in [0.1, 0.15) is 24.3 Å². The second-order valence-corrected chi connectivity index (χ2v) is 10.6. The molecule has 0 radical (unpaired) electrons. The fourth-order valence-electron chi connectivity index (χ4n) is 4.32. The predicted molar refractivity (Wildman–Crippen MR) is 126 cm³/mol. The number of nitrogens with one attached hydrogen (secondary N) is 1. The van der Waals surface area contributed by atoms with E-state index in [-0.39, 0.29) is 53.1 Å². The number of hydrogen-bond acceptors (Lipinski definition) is 6. The molecular formula is C24H28FN3O6S. The largest absolute Gasteiger partial charge is 0.490 e. The first-order valence-corrected chi connectivity index (χ1v) is 12.7. The van der Waals surface area contributed by atoms with E-state index >= 15 is 0 Å². The summed E-state index contributed by atoms with van der Waals surface area (Å²) in [5, 5.41) is 0. The second kappa shape index (κ2) is 9.82. The topological polar surface area (TPSA) is 105 Å². The molecule has 2 heterocycles. The van der Waals surface area contributed by atoms with Gasteiger partial charge in [-0.25, -0.2) is 12.8 Å². The van der Waals surface area contributed by atoms with E-state index in [2.05, 4.69) is 4.72 Å². The Bertz CT molecular complexity index is 1240. The van der Waals surface area contributed by atoms with Crippen molar-refractivity contribution in [3.63, 3.8) is 0 Å². The van der Waals surface area contributed by atoms with Gasteiger partial charge in [-0.15, -0.1) is 0 Å². The van der Waals surface area contributed by atoms with Crippen LogP contribution in [-0.2, 0) is 19.6 Å². The van der Waals surface area contributed by atoms with Crippen LogP contribution < -0.4 is 9.46 Å². The number of nitrogens with zero attached hydrogens (tertiary/aromatic N) is 2. The Morgan fingerprint density at radius 2 is 1.97 bits per heavy atom. The van der Waals surface area contributed by atoms with Crippen LogP contribution >= 0.6 is 0 Å². The summed E-state index contributed by atoms with van der Waals surface area (Å²) in [7, 11) is 1.01. The van der Waals surface area contributed by atoms with Crippen LogP contribution in [0.25, 0.3) is 0 Å². The van der Waals surface area contributed by atoms with Gasteiger partial charge in [-0.05, 0) is 49.2 Å². The minimum absolute atomic E-state index is 0.0248. The minimum Gasteiger partial charge on any atom is -0.490 e. The lowest BCUT2D eigenvalue weighted by Gasteiger charge is -2.42. The highest BCUT2D eigenvalue weighted by atomic mass is 32.2. The normalized spacial score (nSPS) is 22.2. The van der Waals surface area contributed by atoms with E-state index in [0.717, 1.165) is 12.1 Å². The van der Waals surface area contributed by atoms with Gasteiger partial charge in [0.25, 0.3) is 15.9 Å². The molecule has 188 valence electrons. The molecule has 1 saturated heterocycles. The molecular weight excluding hydrogens is 477 g/mol. The lowest BCUT2D eigenvalue weighted by molar-refractivity contribution is -0.140. The zero-order valence-electron chi connectivity index (χ0n) is 19.7. The zero-order chi connectivity index (χ0) is 25.3. The van der Waals surface area contributed by atoms with Crippen molar-refractivity contribution in [3.8, 4) is 5.75 Å². The summed E-state index contributed by atoms with van der Waals surface area (Å²) in [6.07, 6.45) is 0.870. The van der Waals surface area contributed by atoms with Gasteiger partial charge in [-0.3, -0.25) is 14.3 Å². The lowest BCUT2D eigenvalue weighted by Crippen LogP contribution is -2.53. The fraction of sp³-hybridized carbons (Fsp3) is 0.417. The number of likely N-dealkylation sites (N-methyl/N-ethyl adjacent to an activating group) is 1. The van der Waals surface area contributed by atoms with Gasteiger partial charge in [0.05, 0.1) is 29.0 Å². The second-order valence-electron chi connectivity index (χ2n) is 8.93. The molecule has 1 fully saturated rings. The molecule has 0 saturated carbocycles. The average Bonchev–Trinajstić information content (AvgIpc) is 2.81. The molecule has 0 unspecified atom stereocenters. The van der Waals surface area contributed by atoms with Gasteiger partial charge >= 0.3 is 0 Å². The molecule has 2 aliphatic heterocycles. The minimum atomic E-state index is -4.06. The molecule has 2 aliphatic rings. The molecule has 3 atom stereocenters. The maximum atomic E-state index is 13.5. The summed E-state index contributed by atoms with van der Waals surface area (Å²) in [6, 6.07) is 8.80. The lowest BCUT2D eigenvalue weighted by atomic mass is 9.94. The molecule has 0 spiro atoms. The number of ether oxygens (including phenoxy) is 2. The first-order chi connectivity index (χ1) is 16.5. The van der Waals surface area contributed by atoms with Crippen LogP contribution in [0.15, 0.2) is 47.4 Å². The molecule has 4 rings (SSSR count). The van der Waals surface area contributed by atoms with Crippen LogP contribution in [0, 0.1) is 5.82 Å². The van der Waals surface area contributed by atoms with Crippen LogP contribution in [0.2, 0.25) is 0 Å². The van der Waals surface area contributed by atoms with E-state index in [1.807, 2.05) is 0 Å². The van der Waals surface area contributed by atoms with E-state index in [0.29, 0.717) is 18.6 Å². The van der Waals surface area contributed by atoms with Gasteiger partial charge in [0, 0.05) is 26.8 Å². The molecule has 35 heavy (non-hydrogen) atoms. The molecule has 2 amide bonds. The van der Waals surface area contributed by atoms with Gasteiger partial charge in [-0.1, -0.05) is 6.07 Å². The highest BCUT2D eigenvalue weighted by Crippen LogP contribution is 2.33. The number of anilines is 1. The fourth-order valence-corrected chi connectivity index (χ4v) is 5.40. The van der Waals surface area contributed by atoms with Crippen LogP contribution in [0.3, 0.4) is 0 Å². The van der Waals surface area contributed by atoms with E-state index in [1.54, 1.807) is 26.0 Å². The Kier molecular flexibility index (Phi) is 7.00. The number of rotatable bonds is 5. The summed E-state index contributed by atoms with van der Waals surface area (Å²) < 4.78 is 53.3. The summed E-state index contributed by atoms with van der Waals surface area (Å²) in [6.45, 7) is 0.177. The van der Waals surface area contributed by atoms with E-state index in [9.17, 15) is 22.4 Å². The molecule has 0 bridgehead atoms. The molecule has 2 aromatic carbocycles. The van der Waals surface area contributed by atoms with Crippen LogP contribution in [-0.4, -0.2) is 76.0 Å². The maximum Gasteiger partial charge on any atom is 0.261 e. The Hall–Kier alpha value is -3.18. The van der Waals surface area contributed by atoms with Crippen LogP contribution in [0.4, 0.5) is 10.1 Å². The first kappa shape index (κ1) is 24.9. The highest BCUT2D eigenvalue weighted by Gasteiger charge is 2.39. The number of hydrogen-bond donors (Lipinski definition) is 1.